The minimum atomic E-state index is 0.640. The van der Waals surface area contributed by atoms with Gasteiger partial charge in [0, 0.05) is 0 Å². The zero-order chi connectivity index (χ0) is 10.1. The lowest BCUT2D eigenvalue weighted by molar-refractivity contribution is 1.27. The largest absolute Gasteiger partial charge is 0.375 e. The van der Waals surface area contributed by atoms with E-state index in [-0.39, 0.29) is 0 Å². The molecule has 1 heterocycles. The van der Waals surface area contributed by atoms with Crippen molar-refractivity contribution in [1.29, 1.82) is 0 Å². The van der Waals surface area contributed by atoms with E-state index < -0.39 is 0 Å². The van der Waals surface area contributed by atoms with Gasteiger partial charge in [-0.15, -0.1) is 0 Å². The van der Waals surface area contributed by atoms with Gasteiger partial charge < -0.3 is 5.73 Å². The maximum atomic E-state index is 5.67. The van der Waals surface area contributed by atoms with Gasteiger partial charge in [0.2, 0.25) is 0 Å². The van der Waals surface area contributed by atoms with Crippen molar-refractivity contribution >= 4 is 16.5 Å². The molecule has 0 saturated carbocycles. The van der Waals surface area contributed by atoms with E-state index >= 15 is 0 Å². The second-order valence-electron chi connectivity index (χ2n) is 3.28. The summed E-state index contributed by atoms with van der Waals surface area (Å²) in [5, 5.41) is 0.640. The van der Waals surface area contributed by atoms with Gasteiger partial charge in [0.05, 0.1) is 10.6 Å². The topological polar surface area (TPSA) is 38.9 Å². The van der Waals surface area contributed by atoms with Gasteiger partial charge in [0.15, 0.2) is 5.13 Å². The third-order valence-corrected chi connectivity index (χ3v) is 3.22. The van der Waals surface area contributed by atoms with Crippen molar-refractivity contribution < 1.29 is 0 Å². The smallest absolute Gasteiger partial charge is 0.180 e. The molecule has 0 aliphatic carbocycles. The number of hydrogen-bond donors (Lipinski definition) is 1. The van der Waals surface area contributed by atoms with Crippen LogP contribution in [0.5, 0.6) is 0 Å². The summed E-state index contributed by atoms with van der Waals surface area (Å²) < 4.78 is 0. The molecule has 2 aromatic rings. The third kappa shape index (κ3) is 1.51. The molecular formula is C11H12N2S. The highest BCUT2D eigenvalue weighted by Gasteiger charge is 2.08. The maximum absolute atomic E-state index is 5.67. The minimum Gasteiger partial charge on any atom is -0.375 e. The molecule has 0 atom stereocenters. The van der Waals surface area contributed by atoms with Crippen molar-refractivity contribution in [2.45, 2.75) is 13.8 Å². The summed E-state index contributed by atoms with van der Waals surface area (Å²) in [7, 11) is 0. The van der Waals surface area contributed by atoms with E-state index in [0.29, 0.717) is 5.13 Å². The highest BCUT2D eigenvalue weighted by atomic mass is 32.1. The molecule has 0 bridgehead atoms. The molecule has 1 aromatic heterocycles. The van der Waals surface area contributed by atoms with Crippen molar-refractivity contribution in [2.75, 3.05) is 5.73 Å². The summed E-state index contributed by atoms with van der Waals surface area (Å²) in [6, 6.07) is 8.29. The Labute approximate surface area is 87.4 Å². The van der Waals surface area contributed by atoms with Crippen molar-refractivity contribution in [3.63, 3.8) is 0 Å². The molecule has 0 fully saturated rings. The van der Waals surface area contributed by atoms with E-state index in [4.69, 9.17) is 5.73 Å². The lowest BCUT2D eigenvalue weighted by atomic mass is 10.1. The lowest BCUT2D eigenvalue weighted by Gasteiger charge is -2.02. The number of aryl methyl sites for hydroxylation is 2. The van der Waals surface area contributed by atoms with Crippen LogP contribution in [0.3, 0.4) is 0 Å². The Morgan fingerprint density at radius 1 is 1.21 bits per heavy atom. The molecule has 0 aliphatic rings. The van der Waals surface area contributed by atoms with Gasteiger partial charge in [-0.25, -0.2) is 4.98 Å². The number of rotatable bonds is 1. The van der Waals surface area contributed by atoms with Crippen LogP contribution in [0, 0.1) is 13.8 Å². The Balaban J connectivity index is 2.60. The van der Waals surface area contributed by atoms with Crippen LogP contribution >= 0.6 is 11.3 Å². The van der Waals surface area contributed by atoms with E-state index in [1.54, 1.807) is 11.3 Å². The molecule has 0 amide bonds. The molecular weight excluding hydrogens is 192 g/mol. The first-order valence-corrected chi connectivity index (χ1v) is 5.29. The summed E-state index contributed by atoms with van der Waals surface area (Å²) >= 11 is 1.55. The monoisotopic (exact) mass is 204 g/mol. The maximum Gasteiger partial charge on any atom is 0.180 e. The zero-order valence-corrected chi connectivity index (χ0v) is 9.06. The molecule has 0 aliphatic heterocycles. The summed E-state index contributed by atoms with van der Waals surface area (Å²) in [5.41, 5.74) is 9.19. The number of nitrogen functional groups attached to an aromatic ring is 1. The number of nitrogens with zero attached hydrogens (tertiary/aromatic N) is 1. The molecule has 0 saturated heterocycles. The van der Waals surface area contributed by atoms with Crippen molar-refractivity contribution in [2.24, 2.45) is 0 Å². The van der Waals surface area contributed by atoms with Crippen LogP contribution in [0.25, 0.3) is 10.4 Å². The van der Waals surface area contributed by atoms with Gasteiger partial charge in [0.1, 0.15) is 0 Å². The first-order valence-electron chi connectivity index (χ1n) is 4.47. The second kappa shape index (κ2) is 3.42. The van der Waals surface area contributed by atoms with Crippen LogP contribution < -0.4 is 5.73 Å². The van der Waals surface area contributed by atoms with Gasteiger partial charge in [-0.2, -0.15) is 0 Å². The summed E-state index contributed by atoms with van der Waals surface area (Å²) in [4.78, 5) is 5.41. The van der Waals surface area contributed by atoms with Crippen LogP contribution in [0.1, 0.15) is 11.3 Å². The number of nitrogens with two attached hydrogens (primary N) is 1. The summed E-state index contributed by atoms with van der Waals surface area (Å²) in [5.74, 6) is 0. The van der Waals surface area contributed by atoms with Gasteiger partial charge in [-0.05, 0) is 25.0 Å². The van der Waals surface area contributed by atoms with E-state index in [1.807, 2.05) is 19.1 Å². The molecule has 14 heavy (non-hydrogen) atoms. The van der Waals surface area contributed by atoms with Crippen LogP contribution in [-0.4, -0.2) is 4.98 Å². The van der Waals surface area contributed by atoms with Crippen molar-refractivity contribution in [3.8, 4) is 10.4 Å². The predicted molar refractivity (Wildman–Crippen MR) is 61.4 cm³/mol. The lowest BCUT2D eigenvalue weighted by Crippen LogP contribution is -1.82. The van der Waals surface area contributed by atoms with Crippen LogP contribution in [0.15, 0.2) is 24.3 Å². The molecule has 0 radical (unpaired) electrons. The first-order chi connectivity index (χ1) is 6.68. The molecule has 0 unspecified atom stereocenters. The van der Waals surface area contributed by atoms with Gasteiger partial charge >= 0.3 is 0 Å². The molecule has 3 heteroatoms. The van der Waals surface area contributed by atoms with Gasteiger partial charge in [-0.3, -0.25) is 0 Å². The van der Waals surface area contributed by atoms with Crippen molar-refractivity contribution in [3.05, 3.63) is 35.5 Å². The van der Waals surface area contributed by atoms with E-state index in [0.717, 1.165) is 5.69 Å². The summed E-state index contributed by atoms with van der Waals surface area (Å²) in [6.45, 7) is 4.10. The van der Waals surface area contributed by atoms with E-state index in [1.165, 1.54) is 16.0 Å². The molecule has 2 nitrogen and oxygen atoms in total. The van der Waals surface area contributed by atoms with E-state index in [2.05, 4.69) is 24.0 Å². The average Bonchev–Trinajstić information content (AvgIpc) is 2.46. The van der Waals surface area contributed by atoms with E-state index in [9.17, 15) is 0 Å². The molecule has 0 spiro atoms. The fourth-order valence-corrected chi connectivity index (χ4v) is 2.42. The standard InChI is InChI=1S/C11H12N2S/c1-7-5-3-4-6-9(7)10-8(2)13-11(12)14-10/h3-6H,1-2H3,(H2,12,13). The van der Waals surface area contributed by atoms with Gasteiger partial charge in [0.25, 0.3) is 0 Å². The highest BCUT2D eigenvalue weighted by Crippen LogP contribution is 2.32. The number of anilines is 1. The number of thiazole rings is 1. The van der Waals surface area contributed by atoms with Crippen LogP contribution in [0.2, 0.25) is 0 Å². The number of benzene rings is 1. The van der Waals surface area contributed by atoms with Gasteiger partial charge in [-0.1, -0.05) is 35.6 Å². The predicted octanol–water partition coefficient (Wildman–Crippen LogP) is 3.01. The third-order valence-electron chi connectivity index (χ3n) is 2.20. The molecule has 1 aromatic carbocycles. The Bertz CT molecular complexity index is 460. The summed E-state index contributed by atoms with van der Waals surface area (Å²) in [6.07, 6.45) is 0. The van der Waals surface area contributed by atoms with Crippen LogP contribution in [0.4, 0.5) is 5.13 Å². The Morgan fingerprint density at radius 3 is 2.50 bits per heavy atom. The minimum absolute atomic E-state index is 0.640. The normalized spacial score (nSPS) is 10.4. The Morgan fingerprint density at radius 2 is 1.93 bits per heavy atom. The van der Waals surface area contributed by atoms with Crippen LogP contribution in [-0.2, 0) is 0 Å². The molecule has 2 rings (SSSR count). The Hall–Kier alpha value is -1.35. The second-order valence-corrected chi connectivity index (χ2v) is 4.31. The Kier molecular flexibility index (Phi) is 2.25. The van der Waals surface area contributed by atoms with Crippen molar-refractivity contribution in [1.82, 2.24) is 4.98 Å². The molecule has 2 N–H and O–H groups in total. The molecule has 72 valence electrons. The fraction of sp³-hybridized carbons (Fsp3) is 0.182. The number of aromatic nitrogens is 1. The highest BCUT2D eigenvalue weighted by molar-refractivity contribution is 7.18. The first kappa shape index (κ1) is 9.21. The average molecular weight is 204 g/mol. The fourth-order valence-electron chi connectivity index (χ4n) is 1.49. The quantitative estimate of drug-likeness (QED) is 0.775. The zero-order valence-electron chi connectivity index (χ0n) is 8.24. The SMILES string of the molecule is Cc1ccccc1-c1sc(N)nc1C. The number of hydrogen-bond acceptors (Lipinski definition) is 3.